The molecule has 0 radical (unpaired) electrons. The van der Waals surface area contributed by atoms with Gasteiger partial charge in [-0.1, -0.05) is 0 Å². The van der Waals surface area contributed by atoms with Gasteiger partial charge in [0, 0.05) is 12.8 Å². The van der Waals surface area contributed by atoms with E-state index in [2.05, 4.69) is 0 Å². The molecule has 0 bridgehead atoms. The molecule has 0 saturated heterocycles. The fraction of sp³-hybridized carbons (Fsp3) is 0.875. The van der Waals surface area contributed by atoms with Crippen LogP contribution in [0.3, 0.4) is 0 Å². The second kappa shape index (κ2) is 4.79. The molecule has 0 aromatic rings. The lowest BCUT2D eigenvalue weighted by atomic mass is 10.2. The highest BCUT2D eigenvalue weighted by Crippen LogP contribution is 2.23. The van der Waals surface area contributed by atoms with Gasteiger partial charge in [0.05, 0.1) is 4.75 Å². The third-order valence-electron chi connectivity index (χ3n) is 2.26. The average molecular weight is 279 g/mol. The summed E-state index contributed by atoms with van der Waals surface area (Å²) in [5.41, 5.74) is 0. The van der Waals surface area contributed by atoms with Crippen LogP contribution in [0, 0.1) is 0 Å². The summed E-state index contributed by atoms with van der Waals surface area (Å²) < 4.78 is 69.4. The summed E-state index contributed by atoms with van der Waals surface area (Å²) in [5, 5.41) is 1.50. The van der Waals surface area contributed by atoms with Gasteiger partial charge in [-0.2, -0.15) is 8.78 Å². The predicted molar refractivity (Wildman–Crippen MR) is 52.9 cm³/mol. The topological polar surface area (TPSA) is 63.2 Å². The van der Waals surface area contributed by atoms with E-state index in [0.29, 0.717) is 0 Å². The van der Waals surface area contributed by atoms with Gasteiger partial charge in [-0.05, 0) is 13.8 Å². The molecule has 0 saturated carbocycles. The molecule has 4 nitrogen and oxygen atoms in total. The van der Waals surface area contributed by atoms with E-state index >= 15 is 0 Å². The second-order valence-electron chi connectivity index (χ2n) is 4.14. The summed E-state index contributed by atoms with van der Waals surface area (Å²) >= 11 is 0. The van der Waals surface area contributed by atoms with Gasteiger partial charge in [-0.25, -0.2) is 17.2 Å². The van der Waals surface area contributed by atoms with Crippen molar-refractivity contribution in [2.75, 3.05) is 12.8 Å². The number of nitrogens with one attached hydrogen (secondary N) is 1. The molecule has 0 heterocycles. The summed E-state index contributed by atoms with van der Waals surface area (Å²) in [6.07, 6.45) is -3.28. The Kier molecular flexibility index (Phi) is 4.55. The zero-order valence-electron chi connectivity index (χ0n) is 9.43. The summed E-state index contributed by atoms with van der Waals surface area (Å²) in [7, 11) is -3.61. The smallest absolute Gasteiger partial charge is 0.349 e. The van der Waals surface area contributed by atoms with Crippen LogP contribution in [0.15, 0.2) is 0 Å². The molecule has 0 rings (SSSR count). The molecular formula is C8H13F4NO3S. The number of sulfone groups is 1. The van der Waals surface area contributed by atoms with E-state index in [4.69, 9.17) is 0 Å². The zero-order chi connectivity index (χ0) is 14.1. The van der Waals surface area contributed by atoms with Crippen LogP contribution in [0.25, 0.3) is 0 Å². The van der Waals surface area contributed by atoms with Crippen LogP contribution in [0.1, 0.15) is 13.8 Å². The lowest BCUT2D eigenvalue weighted by Crippen LogP contribution is -2.51. The molecule has 0 aliphatic carbocycles. The van der Waals surface area contributed by atoms with Crippen LogP contribution in [0.5, 0.6) is 0 Å². The van der Waals surface area contributed by atoms with Crippen molar-refractivity contribution in [3.63, 3.8) is 0 Å². The highest BCUT2D eigenvalue weighted by molar-refractivity contribution is 7.92. The Hall–Kier alpha value is -0.860. The van der Waals surface area contributed by atoms with Gasteiger partial charge in [0.1, 0.15) is 0 Å². The maximum atomic E-state index is 12.5. The summed E-state index contributed by atoms with van der Waals surface area (Å²) in [4.78, 5) is 10.7. The van der Waals surface area contributed by atoms with Crippen LogP contribution in [0.2, 0.25) is 0 Å². The van der Waals surface area contributed by atoms with Crippen molar-refractivity contribution < 1.29 is 30.8 Å². The minimum absolute atomic E-state index is 0.674. The highest BCUT2D eigenvalue weighted by Gasteiger charge is 2.49. The number of halogens is 4. The lowest BCUT2D eigenvalue weighted by molar-refractivity contribution is -0.169. The van der Waals surface area contributed by atoms with Crippen LogP contribution in [-0.2, 0) is 14.6 Å². The number of carbonyl (C=O) groups excluding carboxylic acids is 1. The maximum absolute atomic E-state index is 12.5. The number of carbonyl (C=O) groups is 1. The van der Waals surface area contributed by atoms with Crippen molar-refractivity contribution in [2.24, 2.45) is 0 Å². The Morgan fingerprint density at radius 3 is 2.00 bits per heavy atom. The Balaban J connectivity index is 4.67. The molecule has 0 aromatic carbocycles. The van der Waals surface area contributed by atoms with Gasteiger partial charge in [0.15, 0.2) is 9.84 Å². The first kappa shape index (κ1) is 16.1. The first-order valence-electron chi connectivity index (χ1n) is 4.46. The van der Waals surface area contributed by atoms with E-state index in [1.165, 1.54) is 19.2 Å². The quantitative estimate of drug-likeness (QED) is 0.758. The number of alkyl halides is 4. The number of amides is 1. The highest BCUT2D eigenvalue weighted by atomic mass is 32.2. The number of hydrogen-bond acceptors (Lipinski definition) is 3. The van der Waals surface area contributed by atoms with Gasteiger partial charge >= 0.3 is 12.3 Å². The molecule has 9 heteroatoms. The summed E-state index contributed by atoms with van der Waals surface area (Å²) in [6, 6.07) is 0. The molecule has 0 aliphatic rings. The largest absolute Gasteiger partial charge is 0.383 e. The summed E-state index contributed by atoms with van der Waals surface area (Å²) in [6.45, 7) is 1.69. The fourth-order valence-corrected chi connectivity index (χ4v) is 0.976. The molecule has 0 unspecified atom stereocenters. The van der Waals surface area contributed by atoms with Crippen molar-refractivity contribution in [1.82, 2.24) is 5.32 Å². The van der Waals surface area contributed by atoms with Gasteiger partial charge in [-0.15, -0.1) is 0 Å². The van der Waals surface area contributed by atoms with Crippen LogP contribution >= 0.6 is 0 Å². The number of hydrogen-bond donors (Lipinski definition) is 1. The predicted octanol–water partition coefficient (Wildman–Crippen LogP) is 0.826. The van der Waals surface area contributed by atoms with Crippen molar-refractivity contribution in [2.45, 2.75) is 30.9 Å². The van der Waals surface area contributed by atoms with E-state index in [0.717, 1.165) is 6.26 Å². The molecule has 0 atom stereocenters. The SMILES string of the molecule is CC(C)(CNC(=O)C(F)(F)C(F)F)S(C)(=O)=O. The fourth-order valence-electron chi connectivity index (χ4n) is 0.641. The third kappa shape index (κ3) is 3.83. The van der Waals surface area contributed by atoms with E-state index in [1.54, 1.807) is 0 Å². The first-order valence-corrected chi connectivity index (χ1v) is 6.35. The molecule has 0 aliphatic heterocycles. The molecule has 17 heavy (non-hydrogen) atoms. The Bertz CT molecular complexity index is 392. The molecule has 0 aromatic heterocycles. The Labute approximate surface area is 96.3 Å². The molecular weight excluding hydrogens is 266 g/mol. The van der Waals surface area contributed by atoms with Gasteiger partial charge in [-0.3, -0.25) is 4.79 Å². The van der Waals surface area contributed by atoms with E-state index in [-0.39, 0.29) is 0 Å². The molecule has 1 amide bonds. The molecule has 102 valence electrons. The maximum Gasteiger partial charge on any atom is 0.383 e. The Morgan fingerprint density at radius 1 is 1.29 bits per heavy atom. The zero-order valence-corrected chi connectivity index (χ0v) is 10.2. The van der Waals surface area contributed by atoms with Gasteiger partial charge in [0.2, 0.25) is 0 Å². The third-order valence-corrected chi connectivity index (χ3v) is 4.41. The minimum atomic E-state index is -4.83. The van der Waals surface area contributed by atoms with Gasteiger partial charge in [0.25, 0.3) is 5.91 Å². The minimum Gasteiger partial charge on any atom is -0.349 e. The molecule has 0 spiro atoms. The normalized spacial score (nSPS) is 13.9. The first-order chi connectivity index (χ1) is 7.32. The van der Waals surface area contributed by atoms with Crippen molar-refractivity contribution >= 4 is 15.7 Å². The monoisotopic (exact) mass is 279 g/mol. The van der Waals surface area contributed by atoms with Crippen molar-refractivity contribution in [3.8, 4) is 0 Å². The second-order valence-corrected chi connectivity index (χ2v) is 6.79. The summed E-state index contributed by atoms with van der Waals surface area (Å²) in [5.74, 6) is -7.02. The van der Waals surface area contributed by atoms with Crippen molar-refractivity contribution in [3.05, 3.63) is 0 Å². The van der Waals surface area contributed by atoms with E-state index < -0.39 is 39.4 Å². The lowest BCUT2D eigenvalue weighted by Gasteiger charge is -2.24. The Morgan fingerprint density at radius 2 is 1.71 bits per heavy atom. The van der Waals surface area contributed by atoms with Crippen LogP contribution in [0.4, 0.5) is 17.6 Å². The van der Waals surface area contributed by atoms with Crippen LogP contribution in [-0.4, -0.2) is 44.2 Å². The number of rotatable bonds is 5. The van der Waals surface area contributed by atoms with E-state index in [1.807, 2.05) is 0 Å². The van der Waals surface area contributed by atoms with Gasteiger partial charge < -0.3 is 5.32 Å². The average Bonchev–Trinajstić information content (AvgIpc) is 2.11. The molecule has 0 fully saturated rings. The molecule has 1 N–H and O–H groups in total. The standard InChI is InChI=1S/C8H13F4NO3S/c1-7(2,17(3,15)16)4-13-6(14)8(11,12)5(9)10/h5H,4H2,1-3H3,(H,13,14). The van der Waals surface area contributed by atoms with Crippen molar-refractivity contribution in [1.29, 1.82) is 0 Å². The van der Waals surface area contributed by atoms with Crippen LogP contribution < -0.4 is 5.32 Å². The van der Waals surface area contributed by atoms with E-state index in [9.17, 15) is 30.8 Å².